The highest BCUT2D eigenvalue weighted by atomic mass is 127. The number of benzene rings is 2. The van der Waals surface area contributed by atoms with Crippen LogP contribution in [0.3, 0.4) is 0 Å². The zero-order valence-corrected chi connectivity index (χ0v) is 33.0. The van der Waals surface area contributed by atoms with E-state index in [1.165, 1.54) is 24.6 Å². The number of aliphatic hydroxyl groups is 1. The van der Waals surface area contributed by atoms with Crippen molar-refractivity contribution < 1.29 is 41.0 Å². The summed E-state index contributed by atoms with van der Waals surface area (Å²) in [6.45, 7) is 3.40. The third kappa shape index (κ3) is 9.26. The van der Waals surface area contributed by atoms with Crippen molar-refractivity contribution in [3.8, 4) is 11.1 Å². The van der Waals surface area contributed by atoms with Gasteiger partial charge < -0.3 is 26.6 Å². The molecule has 2 heterocycles. The van der Waals surface area contributed by atoms with Crippen LogP contribution in [0.5, 0.6) is 0 Å². The van der Waals surface area contributed by atoms with Crippen LogP contribution in [0.15, 0.2) is 57.7 Å². The molecule has 1 fully saturated rings. The van der Waals surface area contributed by atoms with Gasteiger partial charge in [-0.1, -0.05) is 17.7 Å². The number of halogens is 8. The van der Waals surface area contributed by atoms with Crippen LogP contribution < -0.4 is 16.8 Å². The second kappa shape index (κ2) is 16.4. The maximum atomic E-state index is 14.8. The Kier molecular flexibility index (Phi) is 12.4. The first-order valence-electron chi connectivity index (χ1n) is 16.7. The highest BCUT2D eigenvalue weighted by Crippen LogP contribution is 2.42. The Balaban J connectivity index is 1.64. The minimum atomic E-state index is -3.62. The van der Waals surface area contributed by atoms with E-state index in [4.69, 9.17) is 38.2 Å². The number of amides is 1. The van der Waals surface area contributed by atoms with Crippen molar-refractivity contribution in [1.82, 2.24) is 20.1 Å². The lowest BCUT2D eigenvalue weighted by Gasteiger charge is -2.23. The third-order valence-electron chi connectivity index (χ3n) is 8.68. The number of aromatic nitrogens is 3. The van der Waals surface area contributed by atoms with E-state index in [9.17, 15) is 36.2 Å². The van der Waals surface area contributed by atoms with Crippen molar-refractivity contribution in [2.24, 2.45) is 28.5 Å². The number of amidine groups is 1. The minimum absolute atomic E-state index is 0.0180. The zero-order chi connectivity index (χ0) is 41.4. The molecule has 2 aromatic heterocycles. The summed E-state index contributed by atoms with van der Waals surface area (Å²) in [4.78, 5) is 26.2. The van der Waals surface area contributed by atoms with Crippen LogP contribution >= 0.6 is 34.2 Å². The second-order valence-corrected chi connectivity index (χ2v) is 15.0. The van der Waals surface area contributed by atoms with Crippen molar-refractivity contribution in [3.63, 3.8) is 0 Å². The van der Waals surface area contributed by atoms with Gasteiger partial charge in [0, 0.05) is 39.8 Å². The molecular formula is C36H35ClF6IN9O3. The number of carbonyl (C=O) groups is 1. The molecule has 4 aromatic rings. The lowest BCUT2D eigenvalue weighted by Crippen LogP contribution is -2.36. The summed E-state index contributed by atoms with van der Waals surface area (Å²) in [6, 6.07) is 6.00. The number of fused-ring (bicyclic) bond motifs is 1. The van der Waals surface area contributed by atoms with Crippen molar-refractivity contribution in [2.75, 3.05) is 6.54 Å². The van der Waals surface area contributed by atoms with Crippen LogP contribution in [-0.2, 0) is 23.0 Å². The third-order valence-corrected chi connectivity index (χ3v) is 10.1. The van der Waals surface area contributed by atoms with E-state index in [0.717, 1.165) is 12.1 Å². The maximum absolute atomic E-state index is 14.8. The molecule has 12 nitrogen and oxygen atoms in total. The molecule has 20 heteroatoms. The number of nitrogens with one attached hydrogen (secondary N) is 2. The van der Waals surface area contributed by atoms with Gasteiger partial charge in [-0.15, -0.1) is 0 Å². The lowest BCUT2D eigenvalue weighted by molar-refractivity contribution is -0.120. The number of aryl methyl sites for hydroxylation is 2. The van der Waals surface area contributed by atoms with Gasteiger partial charge in [0.15, 0.2) is 5.82 Å². The number of alkyl halides is 4. The highest BCUT2D eigenvalue weighted by Gasteiger charge is 2.45. The average Bonchev–Trinajstić information content (AvgIpc) is 3.57. The molecule has 0 bridgehead atoms. The molecule has 0 spiro atoms. The van der Waals surface area contributed by atoms with Gasteiger partial charge in [-0.05, 0) is 86.0 Å². The summed E-state index contributed by atoms with van der Waals surface area (Å²) in [5.74, 6) is -6.95. The summed E-state index contributed by atoms with van der Waals surface area (Å²) in [6.07, 6.45) is -4.76. The van der Waals surface area contributed by atoms with Crippen LogP contribution in [0.4, 0.5) is 32.2 Å². The van der Waals surface area contributed by atoms with Crippen LogP contribution in [0.1, 0.15) is 49.7 Å². The molecule has 5 rings (SSSR count). The molecule has 2 aromatic carbocycles. The summed E-state index contributed by atoms with van der Waals surface area (Å²) in [5.41, 5.74) is 9.09. The second-order valence-electron chi connectivity index (χ2n) is 13.4. The Morgan fingerprint density at radius 1 is 1.18 bits per heavy atom. The molecule has 1 aliphatic rings. The molecule has 0 radical (unpaired) electrons. The molecule has 298 valence electrons. The van der Waals surface area contributed by atoms with Crippen molar-refractivity contribution >= 4 is 74.5 Å². The molecule has 0 saturated heterocycles. The molecule has 1 aliphatic carbocycles. The fourth-order valence-corrected chi connectivity index (χ4v) is 6.69. The van der Waals surface area contributed by atoms with E-state index in [-0.39, 0.29) is 33.9 Å². The molecule has 1 saturated carbocycles. The smallest absolute Gasteiger partial charge is 0.295 e. The SMILES string of the molecule is Cc1nc([C@H](Cc2cc(F)cc(F)c2)NC(=O)CN=C2C(=C(N)C(F)F)CCC2(F)F)c(-c2ccc(Cl)c3c(N=C(N)OC(=N)C(C)(C)O)nn(C)c23)cc1I. The Hall–Kier alpha value is -4.76. The van der Waals surface area contributed by atoms with Gasteiger partial charge in [0.1, 0.15) is 29.5 Å². The van der Waals surface area contributed by atoms with Crippen LogP contribution in [-0.4, -0.2) is 67.9 Å². The largest absolute Gasteiger partial charge is 0.408 e. The number of nitrogens with zero attached hydrogens (tertiary/aromatic N) is 5. The van der Waals surface area contributed by atoms with Gasteiger partial charge in [-0.2, -0.15) is 18.9 Å². The molecule has 0 aliphatic heterocycles. The van der Waals surface area contributed by atoms with Crippen LogP contribution in [0.25, 0.3) is 22.0 Å². The molecule has 0 unspecified atom stereocenters. The average molecular weight is 918 g/mol. The van der Waals surface area contributed by atoms with Gasteiger partial charge in [0.25, 0.3) is 18.4 Å². The van der Waals surface area contributed by atoms with Crippen LogP contribution in [0, 0.1) is 27.5 Å². The van der Waals surface area contributed by atoms with Crippen LogP contribution in [0.2, 0.25) is 5.02 Å². The summed E-state index contributed by atoms with van der Waals surface area (Å²) in [5, 5.41) is 25.6. The Bertz CT molecular complexity index is 2300. The van der Waals surface area contributed by atoms with Gasteiger partial charge in [0.2, 0.25) is 11.8 Å². The normalized spacial score (nSPS) is 16.8. The number of hydrogen-bond acceptors (Lipinski definition) is 9. The quantitative estimate of drug-likeness (QED) is 0.0493. The molecule has 56 heavy (non-hydrogen) atoms. The number of ether oxygens (including phenoxy) is 1. The maximum Gasteiger partial charge on any atom is 0.295 e. The summed E-state index contributed by atoms with van der Waals surface area (Å²) in [7, 11) is 1.58. The molecule has 1 atom stereocenters. The first-order valence-corrected chi connectivity index (χ1v) is 18.1. The number of allylic oxidation sites excluding steroid dienone is 2. The minimum Gasteiger partial charge on any atom is -0.408 e. The number of hydrogen-bond donors (Lipinski definition) is 5. The number of aliphatic imine (C=N–C) groups is 2. The Morgan fingerprint density at radius 3 is 2.46 bits per heavy atom. The van der Waals surface area contributed by atoms with E-state index in [1.807, 2.05) is 0 Å². The van der Waals surface area contributed by atoms with Gasteiger partial charge in [-0.3, -0.25) is 24.9 Å². The van der Waals surface area contributed by atoms with E-state index in [1.54, 1.807) is 26.1 Å². The Morgan fingerprint density at radius 2 is 1.84 bits per heavy atom. The molecular weight excluding hydrogens is 883 g/mol. The van der Waals surface area contributed by atoms with Gasteiger partial charge in [0.05, 0.1) is 39.1 Å². The van der Waals surface area contributed by atoms with Crippen molar-refractivity contribution in [3.05, 3.63) is 84.8 Å². The fraction of sp³-hybridized carbons (Fsp3) is 0.333. The highest BCUT2D eigenvalue weighted by molar-refractivity contribution is 14.1. The van der Waals surface area contributed by atoms with Crippen molar-refractivity contribution in [1.29, 1.82) is 5.41 Å². The summed E-state index contributed by atoms with van der Waals surface area (Å²) < 4.78 is 92.5. The number of nitrogens with two attached hydrogens (primary N) is 2. The number of rotatable bonds is 10. The van der Waals surface area contributed by atoms with Crippen molar-refractivity contribution in [2.45, 2.75) is 64.0 Å². The molecule has 1 amide bonds. The van der Waals surface area contributed by atoms with E-state index < -0.39 is 89.8 Å². The summed E-state index contributed by atoms with van der Waals surface area (Å²) >= 11 is 8.72. The predicted octanol–water partition coefficient (Wildman–Crippen LogP) is 6.94. The first kappa shape index (κ1) is 42.4. The fourth-order valence-electron chi connectivity index (χ4n) is 6.03. The molecule has 7 N–H and O–H groups in total. The lowest BCUT2D eigenvalue weighted by atomic mass is 9.93. The predicted molar refractivity (Wildman–Crippen MR) is 207 cm³/mol. The first-order chi connectivity index (χ1) is 26.1. The Labute approximate surface area is 334 Å². The topological polar surface area (TPSA) is 190 Å². The monoisotopic (exact) mass is 917 g/mol. The van der Waals surface area contributed by atoms with Gasteiger partial charge >= 0.3 is 0 Å². The van der Waals surface area contributed by atoms with E-state index in [0.29, 0.717) is 32.0 Å². The number of carbonyl (C=O) groups excluding carboxylic acids is 1. The van der Waals surface area contributed by atoms with E-state index >= 15 is 0 Å². The number of pyridine rings is 1. The standard InChI is InChI=1S/C36H35ClF6IN9O3/c1-15-23(44)13-21(19-5-6-22(37)26-29(19)53(4)52-32(26)51-34(47)56-33(46)35(2,3)55)28(49-15)24(11-16-9-17(38)12-18(39)10-16)50-25(54)14-48-30-20(27(45)31(40)41)7-8-36(30,42)43/h5-6,9-10,12-13,24,31,46,55H,7-8,11,14,45H2,1-4H3,(H,50,54)(H2,47,51,52)/t24-/m0/s1. The zero-order valence-electron chi connectivity index (χ0n) is 30.1. The van der Waals surface area contributed by atoms with E-state index in [2.05, 4.69) is 43.0 Å². The van der Waals surface area contributed by atoms with Gasteiger partial charge in [-0.25, -0.2) is 17.6 Å².